The summed E-state index contributed by atoms with van der Waals surface area (Å²) in [5.74, 6) is 0.384. The van der Waals surface area contributed by atoms with Crippen molar-refractivity contribution >= 4 is 13.8 Å². The van der Waals surface area contributed by atoms with Crippen LogP contribution in [0.4, 0.5) is 0 Å². The number of carbonyl (C=O) groups is 1. The van der Waals surface area contributed by atoms with E-state index in [1.807, 2.05) is 13.8 Å². The molecule has 0 aromatic heterocycles. The Kier molecular flexibility index (Phi) is 8.19. The SMILES string of the molecule is C=C(C)C(=O)OC1CC2CC1C1C(O)C(OP(=O)(OCCCC)OCCCC)CC21. The number of aliphatic hydroxyl groups excluding tert-OH is 1. The molecule has 3 aliphatic rings. The van der Waals surface area contributed by atoms with Crippen molar-refractivity contribution in [2.45, 2.75) is 84.0 Å². The molecule has 172 valence electrons. The summed E-state index contributed by atoms with van der Waals surface area (Å²) in [7, 11) is -3.73. The number of fused-ring (bicyclic) bond motifs is 5. The van der Waals surface area contributed by atoms with Crippen LogP contribution < -0.4 is 0 Å². The summed E-state index contributed by atoms with van der Waals surface area (Å²) in [6.07, 6.45) is 4.20. The number of unbranched alkanes of at least 4 members (excludes halogenated alkanes) is 2. The van der Waals surface area contributed by atoms with Crippen LogP contribution >= 0.6 is 7.82 Å². The van der Waals surface area contributed by atoms with Crippen LogP contribution in [0.2, 0.25) is 0 Å². The fourth-order valence-electron chi connectivity index (χ4n) is 5.35. The fourth-order valence-corrected chi connectivity index (χ4v) is 6.80. The minimum atomic E-state index is -3.73. The molecule has 8 heteroatoms. The van der Waals surface area contributed by atoms with Crippen LogP contribution in [0.5, 0.6) is 0 Å². The molecule has 7 atom stereocenters. The number of ether oxygens (including phenoxy) is 1. The number of hydrogen-bond donors (Lipinski definition) is 1. The molecule has 0 aromatic rings. The molecule has 0 heterocycles. The fraction of sp³-hybridized carbons (Fsp3) is 0.864. The lowest BCUT2D eigenvalue weighted by atomic mass is 9.79. The van der Waals surface area contributed by atoms with Crippen LogP contribution in [0.1, 0.15) is 65.7 Å². The highest BCUT2D eigenvalue weighted by Gasteiger charge is 2.62. The van der Waals surface area contributed by atoms with Gasteiger partial charge >= 0.3 is 13.8 Å². The zero-order valence-electron chi connectivity index (χ0n) is 18.5. The summed E-state index contributed by atoms with van der Waals surface area (Å²) in [6, 6.07) is 0. The van der Waals surface area contributed by atoms with Crippen molar-refractivity contribution in [3.63, 3.8) is 0 Å². The molecule has 7 unspecified atom stereocenters. The third-order valence-electron chi connectivity index (χ3n) is 6.83. The number of esters is 1. The standard InChI is InChI=1S/C22H37O7P/c1-5-7-9-26-30(25,27-10-8-6-2)29-19-13-16-15-11-17(20(16)21(19)23)18(12-15)28-22(24)14(3)4/h15-21,23H,3,5-13H2,1-2,4H3. The van der Waals surface area contributed by atoms with Gasteiger partial charge in [0.25, 0.3) is 0 Å². The smallest absolute Gasteiger partial charge is 0.459 e. The molecule has 0 aromatic carbocycles. The highest BCUT2D eigenvalue weighted by molar-refractivity contribution is 7.48. The first-order valence-corrected chi connectivity index (χ1v) is 12.9. The molecule has 0 saturated heterocycles. The molecule has 2 bridgehead atoms. The molecule has 1 N–H and O–H groups in total. The van der Waals surface area contributed by atoms with Gasteiger partial charge in [0, 0.05) is 11.5 Å². The minimum Gasteiger partial charge on any atom is -0.459 e. The lowest BCUT2D eigenvalue weighted by Crippen LogP contribution is -2.38. The first kappa shape index (κ1) is 23.9. The van der Waals surface area contributed by atoms with Crippen molar-refractivity contribution in [2.24, 2.45) is 23.7 Å². The van der Waals surface area contributed by atoms with Gasteiger partial charge in [-0.2, -0.15) is 0 Å². The number of hydrogen-bond acceptors (Lipinski definition) is 7. The second-order valence-corrected chi connectivity index (χ2v) is 10.7. The maximum absolute atomic E-state index is 13.2. The van der Waals surface area contributed by atoms with Gasteiger partial charge in [0.1, 0.15) is 6.10 Å². The zero-order chi connectivity index (χ0) is 21.9. The lowest BCUT2D eigenvalue weighted by molar-refractivity contribution is -0.149. The normalized spacial score (nSPS) is 34.9. The van der Waals surface area contributed by atoms with Gasteiger partial charge in [-0.3, -0.25) is 13.6 Å². The number of phosphoric ester groups is 1. The maximum atomic E-state index is 13.2. The van der Waals surface area contributed by atoms with E-state index in [1.54, 1.807) is 6.92 Å². The molecule has 3 fully saturated rings. The van der Waals surface area contributed by atoms with E-state index in [1.165, 1.54) is 0 Å². The molecule has 30 heavy (non-hydrogen) atoms. The van der Waals surface area contributed by atoms with E-state index in [9.17, 15) is 14.5 Å². The molecule has 3 saturated carbocycles. The van der Waals surface area contributed by atoms with E-state index in [-0.39, 0.29) is 29.8 Å². The number of carbonyl (C=O) groups excluding carboxylic acids is 1. The predicted molar refractivity (Wildman–Crippen MR) is 113 cm³/mol. The van der Waals surface area contributed by atoms with Crippen LogP contribution in [0.3, 0.4) is 0 Å². The van der Waals surface area contributed by atoms with Crippen molar-refractivity contribution in [1.29, 1.82) is 0 Å². The van der Waals surface area contributed by atoms with Gasteiger partial charge in [0.2, 0.25) is 0 Å². The molecule has 3 rings (SSSR count). The van der Waals surface area contributed by atoms with Gasteiger partial charge in [-0.15, -0.1) is 0 Å². The first-order chi connectivity index (χ1) is 14.3. The highest BCUT2D eigenvalue weighted by Crippen LogP contribution is 2.62. The molecule has 0 spiro atoms. The molecule has 0 aliphatic heterocycles. The van der Waals surface area contributed by atoms with E-state index in [4.69, 9.17) is 18.3 Å². The Labute approximate surface area is 180 Å². The topological polar surface area (TPSA) is 91.3 Å². The highest BCUT2D eigenvalue weighted by atomic mass is 31.2. The Bertz CT molecular complexity index is 652. The maximum Gasteiger partial charge on any atom is 0.475 e. The first-order valence-electron chi connectivity index (χ1n) is 11.4. The van der Waals surface area contributed by atoms with Crippen LogP contribution in [-0.4, -0.2) is 42.6 Å². The Hall–Kier alpha value is -0.720. The van der Waals surface area contributed by atoms with E-state index in [0.29, 0.717) is 31.1 Å². The summed E-state index contributed by atoms with van der Waals surface area (Å²) < 4.78 is 35.8. The van der Waals surface area contributed by atoms with E-state index in [2.05, 4.69) is 6.58 Å². The molecule has 0 amide bonds. The van der Waals surface area contributed by atoms with Gasteiger partial charge in [-0.25, -0.2) is 9.36 Å². The van der Waals surface area contributed by atoms with Crippen molar-refractivity contribution < 1.29 is 32.8 Å². The molecular weight excluding hydrogens is 407 g/mol. The van der Waals surface area contributed by atoms with E-state index < -0.39 is 20.0 Å². The third kappa shape index (κ3) is 5.18. The van der Waals surface area contributed by atoms with Gasteiger partial charge in [0.05, 0.1) is 25.4 Å². The molecule has 7 nitrogen and oxygen atoms in total. The van der Waals surface area contributed by atoms with Crippen molar-refractivity contribution in [3.05, 3.63) is 12.2 Å². The number of aliphatic hydroxyl groups is 1. The third-order valence-corrected chi connectivity index (χ3v) is 8.35. The Morgan fingerprint density at radius 3 is 2.23 bits per heavy atom. The summed E-state index contributed by atoms with van der Waals surface area (Å²) >= 11 is 0. The Balaban J connectivity index is 1.63. The van der Waals surface area contributed by atoms with E-state index >= 15 is 0 Å². The second-order valence-electron chi connectivity index (χ2n) is 9.05. The van der Waals surface area contributed by atoms with Crippen LogP contribution in [0.15, 0.2) is 12.2 Å². The van der Waals surface area contributed by atoms with Crippen molar-refractivity contribution in [2.75, 3.05) is 13.2 Å². The summed E-state index contributed by atoms with van der Waals surface area (Å²) in [5, 5.41) is 11.0. The summed E-state index contributed by atoms with van der Waals surface area (Å²) in [5.41, 5.74) is 0.386. The average Bonchev–Trinajstić information content (AvgIpc) is 3.34. The van der Waals surface area contributed by atoms with Gasteiger partial charge in [-0.05, 0) is 56.8 Å². The Morgan fingerprint density at radius 1 is 1.03 bits per heavy atom. The quantitative estimate of drug-likeness (QED) is 0.203. The lowest BCUT2D eigenvalue weighted by Gasteiger charge is -2.32. The molecule has 3 aliphatic carbocycles. The largest absolute Gasteiger partial charge is 0.475 e. The average molecular weight is 445 g/mol. The van der Waals surface area contributed by atoms with Gasteiger partial charge in [0.15, 0.2) is 0 Å². The van der Waals surface area contributed by atoms with Crippen molar-refractivity contribution in [3.8, 4) is 0 Å². The molecule has 0 radical (unpaired) electrons. The van der Waals surface area contributed by atoms with Crippen LogP contribution in [-0.2, 0) is 27.7 Å². The van der Waals surface area contributed by atoms with Crippen LogP contribution in [0.25, 0.3) is 0 Å². The molecular formula is C22H37O7P. The van der Waals surface area contributed by atoms with Crippen LogP contribution in [0, 0.1) is 23.7 Å². The Morgan fingerprint density at radius 2 is 1.67 bits per heavy atom. The predicted octanol–water partition coefficient (Wildman–Crippen LogP) is 4.64. The summed E-state index contributed by atoms with van der Waals surface area (Å²) in [6.45, 7) is 9.96. The zero-order valence-corrected chi connectivity index (χ0v) is 19.4. The second kappa shape index (κ2) is 10.3. The monoisotopic (exact) mass is 444 g/mol. The van der Waals surface area contributed by atoms with Crippen molar-refractivity contribution in [1.82, 2.24) is 0 Å². The summed E-state index contributed by atoms with van der Waals surface area (Å²) in [4.78, 5) is 12.0. The number of rotatable bonds is 12. The van der Waals surface area contributed by atoms with Gasteiger partial charge in [-0.1, -0.05) is 33.3 Å². The number of phosphoric acid groups is 1. The van der Waals surface area contributed by atoms with Gasteiger partial charge < -0.3 is 9.84 Å². The van der Waals surface area contributed by atoms with E-state index in [0.717, 1.165) is 38.5 Å². The minimum absolute atomic E-state index is 0.0172.